The third-order valence-electron chi connectivity index (χ3n) is 4.86. The van der Waals surface area contributed by atoms with Gasteiger partial charge >= 0.3 is 0 Å². The molecule has 0 unspecified atom stereocenters. The zero-order valence-corrected chi connectivity index (χ0v) is 19.1. The maximum absolute atomic E-state index is 12.8. The van der Waals surface area contributed by atoms with Crippen LogP contribution < -0.4 is 19.6 Å². The molecule has 1 fully saturated rings. The summed E-state index contributed by atoms with van der Waals surface area (Å²) in [5.74, 6) is 1.25. The van der Waals surface area contributed by atoms with Crippen LogP contribution in [0.15, 0.2) is 40.3 Å². The Bertz CT molecular complexity index is 1120. The van der Waals surface area contributed by atoms with Gasteiger partial charge in [0.1, 0.15) is 5.69 Å². The highest BCUT2D eigenvalue weighted by Crippen LogP contribution is 2.37. The lowest BCUT2D eigenvalue weighted by Crippen LogP contribution is -2.40. The van der Waals surface area contributed by atoms with Crippen LogP contribution in [-0.4, -0.2) is 71.5 Å². The normalized spacial score (nSPS) is 14.8. The molecule has 0 aromatic heterocycles. The number of benzene rings is 2. The maximum Gasteiger partial charge on any atom is 0.295 e. The largest absolute Gasteiger partial charge is 0.493 e. The first kappa shape index (κ1) is 24.2. The number of anilines is 1. The van der Waals surface area contributed by atoms with Gasteiger partial charge in [-0.25, -0.2) is 8.42 Å². The van der Waals surface area contributed by atoms with E-state index in [9.17, 15) is 18.5 Å². The zero-order chi connectivity index (χ0) is 24.0. The molecule has 2 aromatic carbocycles. The van der Waals surface area contributed by atoms with Crippen molar-refractivity contribution in [2.45, 2.75) is 4.90 Å². The average Bonchev–Trinajstić information content (AvgIpc) is 2.83. The zero-order valence-electron chi connectivity index (χ0n) is 18.3. The second-order valence-electron chi connectivity index (χ2n) is 6.78. The number of hydrogen-bond acceptors (Lipinski definition) is 10. The van der Waals surface area contributed by atoms with Crippen LogP contribution in [0.4, 0.5) is 11.4 Å². The fraction of sp³-hybridized carbons (Fsp3) is 0.350. The van der Waals surface area contributed by atoms with Crippen molar-refractivity contribution in [3.8, 4) is 17.2 Å². The van der Waals surface area contributed by atoms with E-state index in [1.165, 1.54) is 44.0 Å². The molecule has 0 spiro atoms. The molecule has 33 heavy (non-hydrogen) atoms. The summed E-state index contributed by atoms with van der Waals surface area (Å²) in [6.07, 6.45) is 1.41. The summed E-state index contributed by atoms with van der Waals surface area (Å²) in [5.41, 5.74) is 2.77. The van der Waals surface area contributed by atoms with Crippen molar-refractivity contribution in [3.63, 3.8) is 0 Å². The summed E-state index contributed by atoms with van der Waals surface area (Å²) in [6.45, 7) is 0.928. The Hall–Kier alpha value is -3.42. The van der Waals surface area contributed by atoms with Gasteiger partial charge in [0.25, 0.3) is 5.69 Å². The first-order chi connectivity index (χ1) is 15.8. The van der Waals surface area contributed by atoms with E-state index >= 15 is 0 Å². The second kappa shape index (κ2) is 10.5. The molecule has 1 aliphatic rings. The second-order valence-corrected chi connectivity index (χ2v) is 8.72. The standard InChI is InChI=1S/C20H24N4O8S/c1-29-18-10-14(11-19(30-2)20(18)31-3)13-21-22-16-5-4-15(12-17(16)24(25)26)33(27,28)23-6-8-32-9-7-23/h4-5,10-13,22H,6-9H2,1-3H3. The minimum atomic E-state index is -3.88. The molecule has 3 rings (SSSR count). The van der Waals surface area contributed by atoms with Crippen LogP contribution in [0.2, 0.25) is 0 Å². The lowest BCUT2D eigenvalue weighted by atomic mass is 10.2. The third-order valence-corrected chi connectivity index (χ3v) is 6.75. The van der Waals surface area contributed by atoms with Crippen LogP contribution in [0.5, 0.6) is 17.2 Å². The lowest BCUT2D eigenvalue weighted by Gasteiger charge is -2.26. The van der Waals surface area contributed by atoms with Crippen LogP contribution in [0, 0.1) is 10.1 Å². The molecule has 2 aromatic rings. The fourth-order valence-electron chi connectivity index (χ4n) is 3.21. The summed E-state index contributed by atoms with van der Waals surface area (Å²) < 4.78 is 47.9. The van der Waals surface area contributed by atoms with Crippen molar-refractivity contribution in [2.24, 2.45) is 5.10 Å². The van der Waals surface area contributed by atoms with Crippen molar-refractivity contribution < 1.29 is 32.3 Å². The first-order valence-corrected chi connectivity index (χ1v) is 11.2. The molecule has 178 valence electrons. The predicted molar refractivity (Wildman–Crippen MR) is 120 cm³/mol. The SMILES string of the molecule is COc1cc(C=NNc2ccc(S(=O)(=O)N3CCOCC3)cc2[N+](=O)[O-])cc(OC)c1OC. The minimum Gasteiger partial charge on any atom is -0.493 e. The van der Waals surface area contributed by atoms with Gasteiger partial charge in [-0.1, -0.05) is 0 Å². The van der Waals surface area contributed by atoms with Crippen LogP contribution in [0.1, 0.15) is 5.56 Å². The number of hydrogen-bond donors (Lipinski definition) is 1. The Morgan fingerprint density at radius 1 is 1.09 bits per heavy atom. The van der Waals surface area contributed by atoms with Crippen molar-refractivity contribution in [1.29, 1.82) is 0 Å². The van der Waals surface area contributed by atoms with Crippen LogP contribution in [0.3, 0.4) is 0 Å². The summed E-state index contributed by atoms with van der Waals surface area (Å²) >= 11 is 0. The molecule has 1 aliphatic heterocycles. The van der Waals surface area contributed by atoms with Crippen molar-refractivity contribution in [2.75, 3.05) is 53.1 Å². The van der Waals surface area contributed by atoms with Gasteiger partial charge in [0.2, 0.25) is 15.8 Å². The Morgan fingerprint density at radius 3 is 2.27 bits per heavy atom. The molecular formula is C20H24N4O8S. The molecule has 12 nitrogen and oxygen atoms in total. The summed E-state index contributed by atoms with van der Waals surface area (Å²) in [4.78, 5) is 10.7. The highest BCUT2D eigenvalue weighted by Gasteiger charge is 2.28. The summed E-state index contributed by atoms with van der Waals surface area (Å²) in [5, 5.41) is 15.6. The molecule has 0 amide bonds. The molecule has 0 bridgehead atoms. The number of ether oxygens (including phenoxy) is 4. The van der Waals surface area contributed by atoms with E-state index in [4.69, 9.17) is 18.9 Å². The van der Waals surface area contributed by atoms with E-state index in [0.29, 0.717) is 22.8 Å². The number of hydrazone groups is 1. The third kappa shape index (κ3) is 5.32. The highest BCUT2D eigenvalue weighted by molar-refractivity contribution is 7.89. The van der Waals surface area contributed by atoms with Crippen molar-refractivity contribution in [3.05, 3.63) is 46.0 Å². The quantitative estimate of drug-likeness (QED) is 0.324. The molecule has 1 heterocycles. The smallest absolute Gasteiger partial charge is 0.295 e. The average molecular weight is 480 g/mol. The lowest BCUT2D eigenvalue weighted by molar-refractivity contribution is -0.384. The molecule has 0 atom stereocenters. The number of sulfonamides is 1. The molecular weight excluding hydrogens is 456 g/mol. The molecule has 1 saturated heterocycles. The van der Waals surface area contributed by atoms with Gasteiger partial charge in [-0.15, -0.1) is 0 Å². The fourth-order valence-corrected chi connectivity index (χ4v) is 4.63. The van der Waals surface area contributed by atoms with Crippen LogP contribution >= 0.6 is 0 Å². The van der Waals surface area contributed by atoms with Gasteiger partial charge in [-0.2, -0.15) is 9.41 Å². The van der Waals surface area contributed by atoms with Crippen LogP contribution in [-0.2, 0) is 14.8 Å². The van der Waals surface area contributed by atoms with Gasteiger partial charge < -0.3 is 18.9 Å². The number of nitro groups is 1. The molecule has 1 N–H and O–H groups in total. The number of nitro benzene ring substituents is 1. The van der Waals surface area contributed by atoms with E-state index in [0.717, 1.165) is 6.07 Å². The number of nitrogens with zero attached hydrogens (tertiary/aromatic N) is 3. The highest BCUT2D eigenvalue weighted by atomic mass is 32.2. The number of rotatable bonds is 9. The van der Waals surface area contributed by atoms with Gasteiger partial charge in [0.15, 0.2) is 11.5 Å². The molecule has 0 radical (unpaired) electrons. The predicted octanol–water partition coefficient (Wildman–Crippen LogP) is 2.09. The Labute approximate surface area is 190 Å². The van der Waals surface area contributed by atoms with E-state index in [2.05, 4.69) is 10.5 Å². The Balaban J connectivity index is 1.86. The summed E-state index contributed by atoms with van der Waals surface area (Å²) in [6, 6.07) is 6.92. The monoisotopic (exact) mass is 480 g/mol. The number of morpholine rings is 1. The minimum absolute atomic E-state index is 0.0321. The topological polar surface area (TPSA) is 142 Å². The van der Waals surface area contributed by atoms with Gasteiger partial charge in [0, 0.05) is 24.7 Å². The maximum atomic E-state index is 12.8. The number of nitrogens with one attached hydrogen (secondary N) is 1. The van der Waals surface area contributed by atoms with Crippen molar-refractivity contribution >= 4 is 27.6 Å². The Kier molecular flexibility index (Phi) is 7.68. The van der Waals surface area contributed by atoms with Crippen molar-refractivity contribution in [1.82, 2.24) is 4.31 Å². The van der Waals surface area contributed by atoms with Gasteiger partial charge in [-0.05, 0) is 24.3 Å². The first-order valence-electron chi connectivity index (χ1n) is 9.77. The Morgan fingerprint density at radius 2 is 1.73 bits per heavy atom. The molecule has 0 saturated carbocycles. The van der Waals surface area contributed by atoms with E-state index < -0.39 is 20.6 Å². The van der Waals surface area contributed by atoms with E-state index in [1.807, 2.05) is 0 Å². The molecule has 13 heteroatoms. The summed E-state index contributed by atoms with van der Waals surface area (Å²) in [7, 11) is 0.564. The number of methoxy groups -OCH3 is 3. The van der Waals surface area contributed by atoms with E-state index in [-0.39, 0.29) is 36.9 Å². The van der Waals surface area contributed by atoms with Gasteiger partial charge in [0.05, 0.1) is 50.6 Å². The van der Waals surface area contributed by atoms with Gasteiger partial charge in [-0.3, -0.25) is 15.5 Å². The van der Waals surface area contributed by atoms with Crippen LogP contribution in [0.25, 0.3) is 0 Å². The molecule has 0 aliphatic carbocycles. The van der Waals surface area contributed by atoms with E-state index in [1.54, 1.807) is 12.1 Å².